The number of rotatable bonds is 5. The fourth-order valence-corrected chi connectivity index (χ4v) is 3.90. The first-order valence-electron chi connectivity index (χ1n) is 9.97. The van der Waals surface area contributed by atoms with Crippen molar-refractivity contribution in [2.75, 3.05) is 24.5 Å². The average molecular weight is 345 g/mol. The molecule has 5 heteroatoms. The summed E-state index contributed by atoms with van der Waals surface area (Å²) in [5.41, 5.74) is 2.34. The Labute approximate surface area is 151 Å². The van der Waals surface area contributed by atoms with Crippen LogP contribution in [0.3, 0.4) is 0 Å². The number of aromatic nitrogens is 2. The molecule has 1 amide bonds. The van der Waals surface area contributed by atoms with E-state index in [9.17, 15) is 4.79 Å². The van der Waals surface area contributed by atoms with E-state index in [1.54, 1.807) is 0 Å². The zero-order valence-corrected chi connectivity index (χ0v) is 16.1. The van der Waals surface area contributed by atoms with Crippen molar-refractivity contribution in [3.63, 3.8) is 0 Å². The van der Waals surface area contributed by atoms with Crippen LogP contribution in [0.5, 0.6) is 0 Å². The van der Waals surface area contributed by atoms with Crippen molar-refractivity contribution in [1.82, 2.24) is 14.9 Å². The number of aryl methyl sites for hydroxylation is 1. The van der Waals surface area contributed by atoms with Crippen LogP contribution < -0.4 is 4.90 Å². The highest BCUT2D eigenvalue weighted by Crippen LogP contribution is 2.30. The van der Waals surface area contributed by atoms with Crippen LogP contribution in [0.25, 0.3) is 0 Å². The first kappa shape index (κ1) is 18.2. The van der Waals surface area contributed by atoms with Crippen LogP contribution >= 0.6 is 0 Å². The molecule has 0 N–H and O–H groups in total. The second-order valence-corrected chi connectivity index (χ2v) is 7.71. The van der Waals surface area contributed by atoms with Gasteiger partial charge in [0.15, 0.2) is 0 Å². The quantitative estimate of drug-likeness (QED) is 0.767. The lowest BCUT2D eigenvalue weighted by Crippen LogP contribution is -2.40. The highest BCUT2D eigenvalue weighted by molar-refractivity contribution is 5.76. The Morgan fingerprint density at radius 2 is 1.92 bits per heavy atom. The molecular weight excluding hydrogens is 312 g/mol. The second kappa shape index (κ2) is 8.15. The predicted octanol–water partition coefficient (Wildman–Crippen LogP) is 3.49. The van der Waals surface area contributed by atoms with Gasteiger partial charge >= 0.3 is 0 Å². The number of fused-ring (bicyclic) bond motifs is 1. The summed E-state index contributed by atoms with van der Waals surface area (Å²) in [4.78, 5) is 26.4. The van der Waals surface area contributed by atoms with E-state index in [-0.39, 0.29) is 5.91 Å². The number of amides is 1. The largest absolute Gasteiger partial charge is 0.356 e. The standard InChI is InChI=1S/C20H32N4O/c1-4-5-6-7-19(25)24-13-10-18-17(14-24)20(22-16(3)21-18)23-11-8-15(2)9-12-23/h15H,4-14H2,1-3H3. The summed E-state index contributed by atoms with van der Waals surface area (Å²) in [6, 6.07) is 0. The molecule has 2 aliphatic heterocycles. The smallest absolute Gasteiger partial charge is 0.222 e. The Kier molecular flexibility index (Phi) is 5.92. The summed E-state index contributed by atoms with van der Waals surface area (Å²) >= 11 is 0. The molecule has 0 bridgehead atoms. The molecular formula is C20H32N4O. The topological polar surface area (TPSA) is 49.3 Å². The predicted molar refractivity (Wildman–Crippen MR) is 101 cm³/mol. The molecule has 1 saturated heterocycles. The fourth-order valence-electron chi connectivity index (χ4n) is 3.90. The Balaban J connectivity index is 1.76. The van der Waals surface area contributed by atoms with E-state index in [0.29, 0.717) is 13.0 Å². The number of carbonyl (C=O) groups excluding carboxylic acids is 1. The van der Waals surface area contributed by atoms with Crippen molar-refractivity contribution in [2.24, 2.45) is 5.92 Å². The molecule has 5 nitrogen and oxygen atoms in total. The number of unbranched alkanes of at least 4 members (excludes halogenated alkanes) is 2. The van der Waals surface area contributed by atoms with Crippen LogP contribution in [0.2, 0.25) is 0 Å². The Morgan fingerprint density at radius 1 is 1.16 bits per heavy atom. The van der Waals surface area contributed by atoms with Crippen LogP contribution in [0, 0.1) is 12.8 Å². The van der Waals surface area contributed by atoms with Gasteiger partial charge in [-0.05, 0) is 32.1 Å². The normalized spacial score (nSPS) is 18.4. The van der Waals surface area contributed by atoms with Crippen molar-refractivity contribution in [1.29, 1.82) is 0 Å². The van der Waals surface area contributed by atoms with Gasteiger partial charge in [0.1, 0.15) is 11.6 Å². The molecule has 0 atom stereocenters. The Morgan fingerprint density at radius 3 is 2.64 bits per heavy atom. The Hall–Kier alpha value is -1.65. The van der Waals surface area contributed by atoms with Gasteiger partial charge in [0, 0.05) is 38.0 Å². The maximum atomic E-state index is 12.6. The number of nitrogens with zero attached hydrogens (tertiary/aromatic N) is 4. The van der Waals surface area contributed by atoms with Crippen molar-refractivity contribution < 1.29 is 4.79 Å². The van der Waals surface area contributed by atoms with Gasteiger partial charge < -0.3 is 9.80 Å². The molecule has 0 spiro atoms. The van der Waals surface area contributed by atoms with Gasteiger partial charge in [-0.3, -0.25) is 4.79 Å². The van der Waals surface area contributed by atoms with E-state index in [4.69, 9.17) is 4.98 Å². The first-order chi connectivity index (χ1) is 12.1. The average Bonchev–Trinajstić information content (AvgIpc) is 2.61. The lowest BCUT2D eigenvalue weighted by atomic mass is 9.98. The van der Waals surface area contributed by atoms with E-state index in [2.05, 4.69) is 23.7 Å². The first-order valence-corrected chi connectivity index (χ1v) is 9.97. The molecule has 0 saturated carbocycles. The van der Waals surface area contributed by atoms with Gasteiger partial charge in [0.25, 0.3) is 0 Å². The minimum atomic E-state index is 0.290. The zero-order valence-electron chi connectivity index (χ0n) is 16.1. The van der Waals surface area contributed by atoms with Gasteiger partial charge in [-0.25, -0.2) is 9.97 Å². The molecule has 3 rings (SSSR count). The number of carbonyl (C=O) groups is 1. The third kappa shape index (κ3) is 4.31. The van der Waals surface area contributed by atoms with Gasteiger partial charge in [-0.2, -0.15) is 0 Å². The molecule has 0 aromatic carbocycles. The van der Waals surface area contributed by atoms with Crippen molar-refractivity contribution in [3.8, 4) is 0 Å². The molecule has 138 valence electrons. The van der Waals surface area contributed by atoms with Crippen LogP contribution in [0.4, 0.5) is 5.82 Å². The van der Waals surface area contributed by atoms with Crippen LogP contribution in [-0.2, 0) is 17.8 Å². The summed E-state index contributed by atoms with van der Waals surface area (Å²) in [6.45, 7) is 10.1. The number of hydrogen-bond acceptors (Lipinski definition) is 4. The van der Waals surface area contributed by atoms with Crippen LogP contribution in [0.15, 0.2) is 0 Å². The zero-order chi connectivity index (χ0) is 17.8. The van der Waals surface area contributed by atoms with Crippen molar-refractivity contribution in [2.45, 2.75) is 72.3 Å². The van der Waals surface area contributed by atoms with E-state index in [0.717, 1.165) is 68.6 Å². The van der Waals surface area contributed by atoms with Crippen LogP contribution in [0.1, 0.15) is 69.5 Å². The summed E-state index contributed by atoms with van der Waals surface area (Å²) in [6.07, 6.45) is 7.26. The maximum absolute atomic E-state index is 12.6. The molecule has 3 heterocycles. The molecule has 1 fully saturated rings. The number of piperidine rings is 1. The van der Waals surface area contributed by atoms with Gasteiger partial charge in [0.2, 0.25) is 5.91 Å². The second-order valence-electron chi connectivity index (χ2n) is 7.71. The summed E-state index contributed by atoms with van der Waals surface area (Å²) in [5.74, 6) is 3.03. The Bertz CT molecular complexity index is 608. The third-order valence-electron chi connectivity index (χ3n) is 5.58. The molecule has 0 aliphatic carbocycles. The molecule has 0 radical (unpaired) electrons. The number of hydrogen-bond donors (Lipinski definition) is 0. The summed E-state index contributed by atoms with van der Waals surface area (Å²) < 4.78 is 0. The maximum Gasteiger partial charge on any atom is 0.222 e. The lowest BCUT2D eigenvalue weighted by molar-refractivity contribution is -0.132. The molecule has 1 aromatic heterocycles. The van der Waals surface area contributed by atoms with E-state index < -0.39 is 0 Å². The summed E-state index contributed by atoms with van der Waals surface area (Å²) in [7, 11) is 0. The van der Waals surface area contributed by atoms with Crippen molar-refractivity contribution in [3.05, 3.63) is 17.1 Å². The monoisotopic (exact) mass is 344 g/mol. The number of anilines is 1. The fraction of sp³-hybridized carbons (Fsp3) is 0.750. The minimum absolute atomic E-state index is 0.290. The van der Waals surface area contributed by atoms with Gasteiger partial charge in [0.05, 0.1) is 12.2 Å². The van der Waals surface area contributed by atoms with E-state index in [1.807, 2.05) is 11.8 Å². The molecule has 2 aliphatic rings. The minimum Gasteiger partial charge on any atom is -0.356 e. The highest BCUT2D eigenvalue weighted by atomic mass is 16.2. The lowest BCUT2D eigenvalue weighted by Gasteiger charge is -2.36. The molecule has 0 unspecified atom stereocenters. The van der Waals surface area contributed by atoms with Gasteiger partial charge in [-0.15, -0.1) is 0 Å². The SMILES string of the molecule is CCCCCC(=O)N1CCc2nc(C)nc(N3CCC(C)CC3)c2C1. The highest BCUT2D eigenvalue weighted by Gasteiger charge is 2.28. The van der Waals surface area contributed by atoms with Gasteiger partial charge in [-0.1, -0.05) is 26.7 Å². The molecule has 1 aromatic rings. The molecule has 25 heavy (non-hydrogen) atoms. The third-order valence-corrected chi connectivity index (χ3v) is 5.58. The summed E-state index contributed by atoms with van der Waals surface area (Å²) in [5, 5.41) is 0. The van der Waals surface area contributed by atoms with E-state index >= 15 is 0 Å². The van der Waals surface area contributed by atoms with E-state index in [1.165, 1.54) is 18.4 Å². The van der Waals surface area contributed by atoms with Crippen LogP contribution in [-0.4, -0.2) is 40.4 Å². The van der Waals surface area contributed by atoms with Crippen molar-refractivity contribution >= 4 is 11.7 Å².